The molecule has 0 radical (unpaired) electrons. The molecule has 2 aromatic carbocycles. The molecule has 2 aromatic rings. The Labute approximate surface area is 166 Å². The predicted octanol–water partition coefficient (Wildman–Crippen LogP) is 3.91. The van der Waals surface area contributed by atoms with E-state index >= 15 is 0 Å². The van der Waals surface area contributed by atoms with Gasteiger partial charge in [0.1, 0.15) is 0 Å². The maximum absolute atomic E-state index is 12.6. The summed E-state index contributed by atoms with van der Waals surface area (Å²) in [6.07, 6.45) is 3.41. The van der Waals surface area contributed by atoms with E-state index in [1.165, 1.54) is 0 Å². The molecule has 5 heteroatoms. The summed E-state index contributed by atoms with van der Waals surface area (Å²) in [4.78, 5) is 26.7. The Balaban J connectivity index is 1.62. The van der Waals surface area contributed by atoms with Gasteiger partial charge in [0.2, 0.25) is 11.8 Å². The number of benzene rings is 2. The molecular weight excluding hydrogens is 350 g/mol. The number of aryl methyl sites for hydroxylation is 1. The van der Waals surface area contributed by atoms with Gasteiger partial charge in [-0.15, -0.1) is 0 Å². The van der Waals surface area contributed by atoms with Crippen LogP contribution >= 0.6 is 0 Å². The highest BCUT2D eigenvalue weighted by molar-refractivity contribution is 5.97. The minimum absolute atomic E-state index is 0.0696. The van der Waals surface area contributed by atoms with E-state index in [1.54, 1.807) is 4.90 Å². The van der Waals surface area contributed by atoms with Gasteiger partial charge < -0.3 is 10.2 Å². The molecule has 1 unspecified atom stereocenters. The summed E-state index contributed by atoms with van der Waals surface area (Å²) in [6.45, 7) is 0.376. The van der Waals surface area contributed by atoms with Crippen LogP contribution in [-0.4, -0.2) is 18.4 Å². The molecule has 3 rings (SSSR count). The lowest BCUT2D eigenvalue weighted by molar-refractivity contribution is -0.122. The van der Waals surface area contributed by atoms with Gasteiger partial charge in [-0.2, -0.15) is 5.26 Å². The predicted molar refractivity (Wildman–Crippen MR) is 109 cm³/mol. The number of anilines is 1. The van der Waals surface area contributed by atoms with Crippen molar-refractivity contribution in [3.8, 4) is 6.07 Å². The standard InChI is InChI=1S/C23H25N3O2/c24-16-7-6-11-20(18-8-2-1-3-9-18)25-22(27)15-17-26-21-12-5-4-10-19(21)13-14-23(26)28/h1-5,8-10,12,20H,6-7,11,13-15,17H2,(H,25,27). The van der Waals surface area contributed by atoms with Crippen molar-refractivity contribution in [1.82, 2.24) is 5.32 Å². The SMILES string of the molecule is N#CCCCC(NC(=O)CCN1C(=O)CCc2ccccc21)c1ccccc1. The van der Waals surface area contributed by atoms with E-state index in [4.69, 9.17) is 5.26 Å². The van der Waals surface area contributed by atoms with Crippen molar-refractivity contribution in [1.29, 1.82) is 5.26 Å². The molecule has 0 saturated heterocycles. The first-order chi connectivity index (χ1) is 13.7. The van der Waals surface area contributed by atoms with Crippen molar-refractivity contribution in [2.75, 3.05) is 11.4 Å². The average molecular weight is 375 g/mol. The fourth-order valence-corrected chi connectivity index (χ4v) is 3.61. The van der Waals surface area contributed by atoms with Crippen LogP contribution in [0.5, 0.6) is 0 Å². The van der Waals surface area contributed by atoms with Gasteiger partial charge in [-0.3, -0.25) is 9.59 Å². The Bertz CT molecular complexity index is 858. The fourth-order valence-electron chi connectivity index (χ4n) is 3.61. The molecule has 0 fully saturated rings. The number of fused-ring (bicyclic) bond motifs is 1. The van der Waals surface area contributed by atoms with Crippen LogP contribution in [0.15, 0.2) is 54.6 Å². The summed E-state index contributed by atoms with van der Waals surface area (Å²) in [7, 11) is 0. The Hall–Kier alpha value is -3.13. The van der Waals surface area contributed by atoms with Crippen molar-refractivity contribution in [3.05, 3.63) is 65.7 Å². The van der Waals surface area contributed by atoms with Gasteiger partial charge in [-0.25, -0.2) is 0 Å². The van der Waals surface area contributed by atoms with Gasteiger partial charge in [0.05, 0.1) is 12.1 Å². The van der Waals surface area contributed by atoms with E-state index in [-0.39, 0.29) is 24.3 Å². The summed E-state index contributed by atoms with van der Waals surface area (Å²) in [5.41, 5.74) is 3.11. The molecule has 1 heterocycles. The molecule has 0 bridgehead atoms. The number of rotatable bonds is 8. The van der Waals surface area contributed by atoms with E-state index in [9.17, 15) is 9.59 Å². The first-order valence-electron chi connectivity index (χ1n) is 9.78. The zero-order valence-corrected chi connectivity index (χ0v) is 15.9. The number of unbranched alkanes of at least 4 members (excludes halogenated alkanes) is 1. The largest absolute Gasteiger partial charge is 0.349 e. The number of carbonyl (C=O) groups excluding carboxylic acids is 2. The van der Waals surface area contributed by atoms with Crippen molar-refractivity contribution in [2.24, 2.45) is 0 Å². The molecule has 28 heavy (non-hydrogen) atoms. The number of carbonyl (C=O) groups is 2. The zero-order valence-electron chi connectivity index (χ0n) is 15.9. The lowest BCUT2D eigenvalue weighted by atomic mass is 10.00. The summed E-state index contributed by atoms with van der Waals surface area (Å²) >= 11 is 0. The second-order valence-corrected chi connectivity index (χ2v) is 7.01. The Morgan fingerprint density at radius 3 is 2.64 bits per heavy atom. The van der Waals surface area contributed by atoms with Crippen LogP contribution in [-0.2, 0) is 16.0 Å². The quantitative estimate of drug-likeness (QED) is 0.711. The van der Waals surface area contributed by atoms with Crippen LogP contribution in [0.4, 0.5) is 5.69 Å². The molecule has 0 aromatic heterocycles. The van der Waals surface area contributed by atoms with Gasteiger partial charge >= 0.3 is 0 Å². The molecule has 0 saturated carbocycles. The summed E-state index contributed by atoms with van der Waals surface area (Å²) < 4.78 is 0. The highest BCUT2D eigenvalue weighted by Gasteiger charge is 2.24. The lowest BCUT2D eigenvalue weighted by Crippen LogP contribution is -2.38. The maximum atomic E-state index is 12.6. The average Bonchev–Trinajstić information content (AvgIpc) is 2.73. The first kappa shape index (κ1) is 19.6. The number of nitrogens with one attached hydrogen (secondary N) is 1. The van der Waals surface area contributed by atoms with Crippen molar-refractivity contribution >= 4 is 17.5 Å². The molecule has 0 spiro atoms. The second kappa shape index (κ2) is 9.70. The number of para-hydroxylation sites is 1. The Kier molecular flexibility index (Phi) is 6.80. The van der Waals surface area contributed by atoms with E-state index in [1.807, 2.05) is 54.6 Å². The smallest absolute Gasteiger partial charge is 0.227 e. The maximum Gasteiger partial charge on any atom is 0.227 e. The topological polar surface area (TPSA) is 73.2 Å². The zero-order chi connectivity index (χ0) is 19.8. The van der Waals surface area contributed by atoms with Crippen molar-refractivity contribution in [2.45, 2.75) is 44.6 Å². The Morgan fingerprint density at radius 2 is 1.86 bits per heavy atom. The molecule has 0 aliphatic carbocycles. The number of amides is 2. The number of hydrogen-bond donors (Lipinski definition) is 1. The number of nitrogens with zero attached hydrogens (tertiary/aromatic N) is 2. The van der Waals surface area contributed by atoms with Gasteiger partial charge in [0.15, 0.2) is 0 Å². The third-order valence-corrected chi connectivity index (χ3v) is 5.07. The molecule has 1 atom stereocenters. The molecule has 1 aliphatic rings. The van der Waals surface area contributed by atoms with Crippen molar-refractivity contribution < 1.29 is 9.59 Å². The molecule has 1 N–H and O–H groups in total. The Morgan fingerprint density at radius 1 is 1.11 bits per heavy atom. The molecule has 2 amide bonds. The minimum Gasteiger partial charge on any atom is -0.349 e. The van der Waals surface area contributed by atoms with Crippen LogP contribution in [0.3, 0.4) is 0 Å². The number of nitriles is 1. The van der Waals surface area contributed by atoms with E-state index < -0.39 is 0 Å². The van der Waals surface area contributed by atoms with Crippen LogP contribution in [0.25, 0.3) is 0 Å². The molecule has 144 valence electrons. The van der Waals surface area contributed by atoms with E-state index in [0.29, 0.717) is 19.4 Å². The third-order valence-electron chi connectivity index (χ3n) is 5.07. The highest BCUT2D eigenvalue weighted by Crippen LogP contribution is 2.27. The second-order valence-electron chi connectivity index (χ2n) is 7.01. The molecule has 5 nitrogen and oxygen atoms in total. The van der Waals surface area contributed by atoms with Gasteiger partial charge in [-0.1, -0.05) is 48.5 Å². The summed E-state index contributed by atoms with van der Waals surface area (Å²) in [5.74, 6) is -0.0122. The van der Waals surface area contributed by atoms with Crippen LogP contribution in [0.1, 0.15) is 49.3 Å². The first-order valence-corrected chi connectivity index (χ1v) is 9.78. The van der Waals surface area contributed by atoms with E-state index in [0.717, 1.165) is 36.1 Å². The van der Waals surface area contributed by atoms with Crippen LogP contribution in [0, 0.1) is 11.3 Å². The molecular formula is C23H25N3O2. The van der Waals surface area contributed by atoms with Gasteiger partial charge in [0.25, 0.3) is 0 Å². The van der Waals surface area contributed by atoms with Gasteiger partial charge in [0, 0.05) is 31.5 Å². The lowest BCUT2D eigenvalue weighted by Gasteiger charge is -2.29. The fraction of sp³-hybridized carbons (Fsp3) is 0.348. The van der Waals surface area contributed by atoms with E-state index in [2.05, 4.69) is 11.4 Å². The van der Waals surface area contributed by atoms with Crippen LogP contribution < -0.4 is 10.2 Å². The van der Waals surface area contributed by atoms with Gasteiger partial charge in [-0.05, 0) is 36.5 Å². The number of hydrogen-bond acceptors (Lipinski definition) is 3. The van der Waals surface area contributed by atoms with Crippen molar-refractivity contribution in [3.63, 3.8) is 0 Å². The highest BCUT2D eigenvalue weighted by atomic mass is 16.2. The normalized spacial score (nSPS) is 14.1. The monoisotopic (exact) mass is 375 g/mol. The minimum atomic E-state index is -0.119. The third kappa shape index (κ3) is 4.98. The summed E-state index contributed by atoms with van der Waals surface area (Å²) in [6, 6.07) is 19.7. The summed E-state index contributed by atoms with van der Waals surface area (Å²) in [5, 5.41) is 11.9. The molecule has 1 aliphatic heterocycles. The van der Waals surface area contributed by atoms with Crippen LogP contribution in [0.2, 0.25) is 0 Å².